The van der Waals surface area contributed by atoms with Gasteiger partial charge in [-0.15, -0.1) is 11.3 Å². The monoisotopic (exact) mass is 498 g/mol. The van der Waals surface area contributed by atoms with Crippen LogP contribution in [-0.4, -0.2) is 60.1 Å². The number of rotatable bonds is 9. The van der Waals surface area contributed by atoms with Crippen LogP contribution in [0.25, 0.3) is 0 Å². The molecule has 0 bridgehead atoms. The van der Waals surface area contributed by atoms with Crippen LogP contribution < -0.4 is 14.5 Å². The Morgan fingerprint density at radius 2 is 1.62 bits per heavy atom. The van der Waals surface area contributed by atoms with E-state index in [2.05, 4.69) is 68.0 Å². The third kappa shape index (κ3) is 5.81. The summed E-state index contributed by atoms with van der Waals surface area (Å²) in [5.74, 6) is 0. The summed E-state index contributed by atoms with van der Waals surface area (Å²) in [6.45, 7) is 5.94. The average Bonchev–Trinajstić information content (AvgIpc) is 3.36. The summed E-state index contributed by atoms with van der Waals surface area (Å²) in [5.41, 5.74) is 3.49. The zero-order chi connectivity index (χ0) is 24.1. The van der Waals surface area contributed by atoms with Crippen molar-refractivity contribution in [2.24, 2.45) is 0 Å². The third-order valence-corrected chi connectivity index (χ3v) is 9.53. The fraction of sp³-hybridized carbons (Fsp3) is 0.385. The second kappa shape index (κ2) is 10.9. The standard InChI is InChI=1S/C26H34N4O2S2/c1-4-24-14-15-26(33-24)34(31,32)27-20-25(21-10-12-22(13-11-21)28(2)3)30-18-16-29(17-19-30)23-8-6-5-7-9-23/h5-15,25,27H,4,16-20H2,1-3H3. The summed E-state index contributed by atoms with van der Waals surface area (Å²) in [6, 6.07) is 22.5. The van der Waals surface area contributed by atoms with Crippen LogP contribution >= 0.6 is 11.3 Å². The first-order chi connectivity index (χ1) is 16.4. The first-order valence-electron chi connectivity index (χ1n) is 11.8. The number of para-hydroxylation sites is 1. The summed E-state index contributed by atoms with van der Waals surface area (Å²) in [4.78, 5) is 7.94. The van der Waals surface area contributed by atoms with Crippen molar-refractivity contribution in [2.45, 2.75) is 23.6 Å². The first kappa shape index (κ1) is 24.7. The van der Waals surface area contributed by atoms with Crippen molar-refractivity contribution in [3.05, 3.63) is 77.2 Å². The normalized spacial score (nSPS) is 15.9. The quantitative estimate of drug-likeness (QED) is 0.479. The minimum Gasteiger partial charge on any atom is -0.378 e. The van der Waals surface area contributed by atoms with Crippen LogP contribution in [0.2, 0.25) is 0 Å². The Kier molecular flexibility index (Phi) is 7.93. The van der Waals surface area contributed by atoms with Crippen molar-refractivity contribution >= 4 is 32.7 Å². The molecule has 0 radical (unpaired) electrons. The Morgan fingerprint density at radius 3 is 2.21 bits per heavy atom. The number of anilines is 2. The molecule has 1 unspecified atom stereocenters. The van der Waals surface area contributed by atoms with Crippen LogP contribution in [-0.2, 0) is 16.4 Å². The minimum absolute atomic E-state index is 0.0329. The molecule has 8 heteroatoms. The predicted octanol–water partition coefficient (Wildman–Crippen LogP) is 4.22. The summed E-state index contributed by atoms with van der Waals surface area (Å²) >= 11 is 1.35. The summed E-state index contributed by atoms with van der Waals surface area (Å²) in [5, 5.41) is 0. The van der Waals surface area contributed by atoms with Crippen molar-refractivity contribution in [3.8, 4) is 0 Å². The molecule has 1 aliphatic heterocycles. The van der Waals surface area contributed by atoms with Gasteiger partial charge in [-0.1, -0.05) is 37.3 Å². The van der Waals surface area contributed by atoms with Crippen molar-refractivity contribution < 1.29 is 8.42 Å². The van der Waals surface area contributed by atoms with Gasteiger partial charge in [-0.2, -0.15) is 0 Å². The Morgan fingerprint density at radius 1 is 0.941 bits per heavy atom. The molecule has 34 heavy (non-hydrogen) atoms. The molecule has 0 saturated carbocycles. The second-order valence-electron chi connectivity index (χ2n) is 8.79. The lowest BCUT2D eigenvalue weighted by Gasteiger charge is -2.40. The van der Waals surface area contributed by atoms with E-state index in [0.29, 0.717) is 10.8 Å². The molecule has 0 aliphatic carbocycles. The largest absolute Gasteiger partial charge is 0.378 e. The van der Waals surface area contributed by atoms with E-state index in [4.69, 9.17) is 0 Å². The van der Waals surface area contributed by atoms with Crippen molar-refractivity contribution in [3.63, 3.8) is 0 Å². The van der Waals surface area contributed by atoms with Gasteiger partial charge in [0, 0.05) is 69.1 Å². The molecule has 6 nitrogen and oxygen atoms in total. The Balaban J connectivity index is 1.51. The van der Waals surface area contributed by atoms with Crippen molar-refractivity contribution in [1.29, 1.82) is 0 Å². The molecule has 1 aliphatic rings. The number of nitrogens with zero attached hydrogens (tertiary/aromatic N) is 3. The molecule has 1 atom stereocenters. The summed E-state index contributed by atoms with van der Waals surface area (Å²) in [7, 11) is 0.502. The number of hydrogen-bond donors (Lipinski definition) is 1. The zero-order valence-electron chi connectivity index (χ0n) is 20.1. The molecule has 1 N–H and O–H groups in total. The van der Waals surface area contributed by atoms with Crippen LogP contribution in [0.5, 0.6) is 0 Å². The number of sulfonamides is 1. The van der Waals surface area contributed by atoms with Gasteiger partial charge < -0.3 is 9.80 Å². The predicted molar refractivity (Wildman–Crippen MR) is 143 cm³/mol. The first-order valence-corrected chi connectivity index (χ1v) is 14.1. The molecular formula is C26H34N4O2S2. The SMILES string of the molecule is CCc1ccc(S(=O)(=O)NCC(c2ccc(N(C)C)cc2)N2CCN(c3ccccc3)CC2)s1. The molecule has 0 spiro atoms. The number of aryl methyl sites for hydroxylation is 1. The second-order valence-corrected chi connectivity index (χ2v) is 11.9. The summed E-state index contributed by atoms with van der Waals surface area (Å²) in [6.07, 6.45) is 0.840. The highest BCUT2D eigenvalue weighted by atomic mass is 32.2. The molecule has 3 aromatic rings. The molecule has 4 rings (SSSR count). The molecule has 1 fully saturated rings. The highest BCUT2D eigenvalue weighted by Gasteiger charge is 2.27. The summed E-state index contributed by atoms with van der Waals surface area (Å²) < 4.78 is 29.3. The highest BCUT2D eigenvalue weighted by molar-refractivity contribution is 7.91. The van der Waals surface area contributed by atoms with Crippen LogP contribution in [0.4, 0.5) is 11.4 Å². The van der Waals surface area contributed by atoms with Gasteiger partial charge in [0.1, 0.15) is 4.21 Å². The number of benzene rings is 2. The van der Waals surface area contributed by atoms with Crippen LogP contribution in [0.1, 0.15) is 23.4 Å². The molecule has 1 saturated heterocycles. The van der Waals surface area contributed by atoms with Gasteiger partial charge in [-0.3, -0.25) is 4.90 Å². The zero-order valence-corrected chi connectivity index (χ0v) is 21.8. The number of thiophene rings is 1. The number of nitrogens with one attached hydrogen (secondary N) is 1. The molecule has 1 aromatic heterocycles. The van der Waals surface area contributed by atoms with Crippen molar-refractivity contribution in [1.82, 2.24) is 9.62 Å². The molecular weight excluding hydrogens is 464 g/mol. The van der Waals surface area contributed by atoms with Crippen LogP contribution in [0.3, 0.4) is 0 Å². The lowest BCUT2D eigenvalue weighted by Crippen LogP contribution is -2.49. The van der Waals surface area contributed by atoms with E-state index in [0.717, 1.165) is 48.7 Å². The Labute approximate surface area is 207 Å². The molecule has 0 amide bonds. The van der Waals surface area contributed by atoms with Gasteiger partial charge in [-0.05, 0) is 48.4 Å². The van der Waals surface area contributed by atoms with Gasteiger partial charge in [0.15, 0.2) is 0 Å². The van der Waals surface area contributed by atoms with E-state index in [1.165, 1.54) is 17.0 Å². The third-order valence-electron chi connectivity index (χ3n) is 6.39. The average molecular weight is 499 g/mol. The van der Waals surface area contributed by atoms with E-state index in [9.17, 15) is 8.42 Å². The lowest BCUT2D eigenvalue weighted by atomic mass is 10.0. The van der Waals surface area contributed by atoms with E-state index in [-0.39, 0.29) is 6.04 Å². The Hall–Kier alpha value is -2.39. The smallest absolute Gasteiger partial charge is 0.250 e. The maximum absolute atomic E-state index is 13.0. The van der Waals surface area contributed by atoms with Gasteiger partial charge in [0.25, 0.3) is 0 Å². The van der Waals surface area contributed by atoms with E-state index in [1.807, 2.05) is 33.2 Å². The van der Waals surface area contributed by atoms with Gasteiger partial charge in [0.05, 0.1) is 0 Å². The molecule has 2 heterocycles. The van der Waals surface area contributed by atoms with Gasteiger partial charge in [0.2, 0.25) is 10.0 Å². The molecule has 182 valence electrons. The maximum Gasteiger partial charge on any atom is 0.250 e. The van der Waals surface area contributed by atoms with Gasteiger partial charge in [-0.25, -0.2) is 13.1 Å². The number of piperazine rings is 1. The lowest BCUT2D eigenvalue weighted by molar-refractivity contribution is 0.187. The fourth-order valence-corrected chi connectivity index (χ4v) is 6.71. The topological polar surface area (TPSA) is 55.9 Å². The minimum atomic E-state index is -3.54. The van der Waals surface area contributed by atoms with E-state index < -0.39 is 10.0 Å². The van der Waals surface area contributed by atoms with Crippen molar-refractivity contribution in [2.75, 3.05) is 56.6 Å². The Bertz CT molecular complexity index is 1150. The van der Waals surface area contributed by atoms with Gasteiger partial charge >= 0.3 is 0 Å². The molecule has 2 aromatic carbocycles. The maximum atomic E-state index is 13.0. The van der Waals surface area contributed by atoms with Crippen LogP contribution in [0.15, 0.2) is 70.9 Å². The van der Waals surface area contributed by atoms with E-state index >= 15 is 0 Å². The highest BCUT2D eigenvalue weighted by Crippen LogP contribution is 2.27. The van der Waals surface area contributed by atoms with Crippen LogP contribution in [0, 0.1) is 0 Å². The van der Waals surface area contributed by atoms with E-state index in [1.54, 1.807) is 6.07 Å². The number of hydrogen-bond acceptors (Lipinski definition) is 6. The fourth-order valence-electron chi connectivity index (χ4n) is 4.34.